The van der Waals surface area contributed by atoms with Crippen LogP contribution in [0.25, 0.3) is 0 Å². The van der Waals surface area contributed by atoms with Crippen molar-refractivity contribution in [3.05, 3.63) is 11.7 Å². The zero-order valence-corrected chi connectivity index (χ0v) is 9.42. The number of hydrogen-bond donors (Lipinski definition) is 1. The van der Waals surface area contributed by atoms with Gasteiger partial charge in [0.2, 0.25) is 0 Å². The highest BCUT2D eigenvalue weighted by atomic mass is 19.4. The van der Waals surface area contributed by atoms with Gasteiger partial charge in [0.1, 0.15) is 0 Å². The van der Waals surface area contributed by atoms with Crippen LogP contribution in [0, 0.1) is 5.92 Å². The van der Waals surface area contributed by atoms with Gasteiger partial charge in [0, 0.05) is 0 Å². The van der Waals surface area contributed by atoms with Gasteiger partial charge in [-0.15, -0.1) is 0 Å². The third kappa shape index (κ3) is 2.59. The molecular formula is C10H14F3N3O. The predicted molar refractivity (Wildman–Crippen MR) is 52.8 cm³/mol. The Bertz CT molecular complexity index is 396. The van der Waals surface area contributed by atoms with Crippen LogP contribution in [0.3, 0.4) is 0 Å². The normalized spacial score (nSPS) is 21.0. The number of aromatic nitrogens is 2. The van der Waals surface area contributed by atoms with Crippen molar-refractivity contribution in [3.8, 4) is 0 Å². The summed E-state index contributed by atoms with van der Waals surface area (Å²) in [6, 6.07) is 0. The average Bonchev–Trinajstić information content (AvgIpc) is 2.59. The maximum Gasteiger partial charge on any atom is 0.471 e. The molecule has 0 saturated heterocycles. The van der Waals surface area contributed by atoms with E-state index >= 15 is 0 Å². The molecule has 1 aliphatic carbocycles. The molecule has 2 rings (SSSR count). The molecule has 0 aliphatic heterocycles. The fraction of sp³-hybridized carbons (Fsp3) is 0.800. The first-order chi connectivity index (χ1) is 7.79. The van der Waals surface area contributed by atoms with Gasteiger partial charge in [-0.3, -0.25) is 0 Å². The first-order valence-corrected chi connectivity index (χ1v) is 5.49. The summed E-state index contributed by atoms with van der Waals surface area (Å²) in [6.45, 7) is 1.64. The summed E-state index contributed by atoms with van der Waals surface area (Å²) in [5, 5.41) is 3.33. The largest absolute Gasteiger partial charge is 0.471 e. The zero-order chi connectivity index (χ0) is 12.7. The van der Waals surface area contributed by atoms with Gasteiger partial charge in [-0.05, 0) is 19.3 Å². The molecule has 0 amide bonds. The highest BCUT2D eigenvalue weighted by Crippen LogP contribution is 2.36. The molecule has 1 unspecified atom stereocenters. The Labute approximate surface area is 96.4 Å². The molecule has 96 valence electrons. The van der Waals surface area contributed by atoms with Crippen LogP contribution in [0.15, 0.2) is 4.52 Å². The molecule has 1 aliphatic rings. The molecule has 1 saturated carbocycles. The minimum atomic E-state index is -4.61. The molecule has 0 bridgehead atoms. The van der Waals surface area contributed by atoms with E-state index in [0.29, 0.717) is 12.3 Å². The van der Waals surface area contributed by atoms with Gasteiger partial charge in [0.05, 0.1) is 5.54 Å². The molecule has 4 nitrogen and oxygen atoms in total. The lowest BCUT2D eigenvalue weighted by Gasteiger charge is -2.32. The van der Waals surface area contributed by atoms with Crippen LogP contribution in [0.4, 0.5) is 13.2 Å². The van der Waals surface area contributed by atoms with Crippen LogP contribution >= 0.6 is 0 Å². The number of alkyl halides is 3. The lowest BCUT2D eigenvalue weighted by atomic mass is 9.76. The Kier molecular flexibility index (Phi) is 2.89. The smallest absolute Gasteiger partial charge is 0.329 e. The molecule has 2 N–H and O–H groups in total. The van der Waals surface area contributed by atoms with E-state index in [-0.39, 0.29) is 5.82 Å². The summed E-state index contributed by atoms with van der Waals surface area (Å²) in [5.74, 6) is -0.952. The molecule has 1 fully saturated rings. The van der Waals surface area contributed by atoms with E-state index in [9.17, 15) is 13.2 Å². The summed E-state index contributed by atoms with van der Waals surface area (Å²) in [7, 11) is 0. The molecule has 1 aromatic rings. The van der Waals surface area contributed by atoms with E-state index in [4.69, 9.17) is 5.73 Å². The fourth-order valence-electron chi connectivity index (χ4n) is 1.96. The molecule has 1 heterocycles. The number of nitrogens with zero attached hydrogens (tertiary/aromatic N) is 2. The van der Waals surface area contributed by atoms with E-state index in [1.54, 1.807) is 6.92 Å². The maximum absolute atomic E-state index is 12.3. The summed E-state index contributed by atoms with van der Waals surface area (Å²) in [6.07, 6.45) is -0.740. The van der Waals surface area contributed by atoms with Gasteiger partial charge in [-0.25, -0.2) is 0 Å². The first kappa shape index (κ1) is 12.3. The molecule has 0 spiro atoms. The summed E-state index contributed by atoms with van der Waals surface area (Å²) in [4.78, 5) is 3.34. The topological polar surface area (TPSA) is 64.9 Å². The molecule has 0 radical (unpaired) electrons. The average molecular weight is 249 g/mol. The van der Waals surface area contributed by atoms with Gasteiger partial charge in [0.25, 0.3) is 0 Å². The highest BCUT2D eigenvalue weighted by molar-refractivity contribution is 5.04. The number of halogens is 3. The van der Waals surface area contributed by atoms with Gasteiger partial charge in [-0.2, -0.15) is 18.2 Å². The van der Waals surface area contributed by atoms with Crippen LogP contribution in [-0.4, -0.2) is 10.1 Å². The van der Waals surface area contributed by atoms with Crippen LogP contribution in [-0.2, 0) is 11.7 Å². The second-order valence-corrected chi connectivity index (χ2v) is 4.84. The molecule has 1 atom stereocenters. The van der Waals surface area contributed by atoms with Gasteiger partial charge in [-0.1, -0.05) is 24.4 Å². The Morgan fingerprint density at radius 3 is 2.47 bits per heavy atom. The standard InChI is InChI=1S/C10H14F3N3O/c1-9(14,5-6-3-2-4-6)7-15-8(17-16-7)10(11,12)13/h6H,2-5,14H2,1H3. The predicted octanol–water partition coefficient (Wildman–Crippen LogP) is 2.45. The van der Waals surface area contributed by atoms with E-state index in [2.05, 4.69) is 14.7 Å². The van der Waals surface area contributed by atoms with Gasteiger partial charge >= 0.3 is 12.1 Å². The van der Waals surface area contributed by atoms with E-state index < -0.39 is 17.6 Å². The molecule has 1 aromatic heterocycles. The van der Waals surface area contributed by atoms with Crippen molar-refractivity contribution in [1.29, 1.82) is 0 Å². The Balaban J connectivity index is 2.12. The van der Waals surface area contributed by atoms with Crippen LogP contribution in [0.2, 0.25) is 0 Å². The Morgan fingerprint density at radius 2 is 2.06 bits per heavy atom. The third-order valence-electron chi connectivity index (χ3n) is 3.12. The van der Waals surface area contributed by atoms with E-state index in [0.717, 1.165) is 19.3 Å². The van der Waals surface area contributed by atoms with Crippen LogP contribution in [0.1, 0.15) is 44.3 Å². The van der Waals surface area contributed by atoms with Crippen molar-refractivity contribution in [2.45, 2.75) is 44.3 Å². The summed E-state index contributed by atoms with van der Waals surface area (Å²) >= 11 is 0. The quantitative estimate of drug-likeness (QED) is 0.893. The number of nitrogens with two attached hydrogens (primary N) is 1. The Morgan fingerprint density at radius 1 is 1.41 bits per heavy atom. The van der Waals surface area contributed by atoms with E-state index in [1.165, 1.54) is 0 Å². The number of rotatable bonds is 3. The molecule has 17 heavy (non-hydrogen) atoms. The molecule has 7 heteroatoms. The van der Waals surface area contributed by atoms with Crippen molar-refractivity contribution in [3.63, 3.8) is 0 Å². The zero-order valence-electron chi connectivity index (χ0n) is 9.42. The second-order valence-electron chi connectivity index (χ2n) is 4.84. The SMILES string of the molecule is CC(N)(CC1CCC1)c1noc(C(F)(F)F)n1. The second kappa shape index (κ2) is 3.97. The molecular weight excluding hydrogens is 235 g/mol. The van der Waals surface area contributed by atoms with Crippen molar-refractivity contribution in [1.82, 2.24) is 10.1 Å². The first-order valence-electron chi connectivity index (χ1n) is 5.49. The summed E-state index contributed by atoms with van der Waals surface area (Å²) in [5.41, 5.74) is 4.99. The third-order valence-corrected chi connectivity index (χ3v) is 3.12. The lowest BCUT2D eigenvalue weighted by molar-refractivity contribution is -0.159. The van der Waals surface area contributed by atoms with Crippen molar-refractivity contribution >= 4 is 0 Å². The van der Waals surface area contributed by atoms with Gasteiger partial charge in [0.15, 0.2) is 5.82 Å². The van der Waals surface area contributed by atoms with Gasteiger partial charge < -0.3 is 10.3 Å². The van der Waals surface area contributed by atoms with E-state index in [1.807, 2.05) is 0 Å². The van der Waals surface area contributed by atoms with Crippen molar-refractivity contribution in [2.75, 3.05) is 0 Å². The fourth-order valence-corrected chi connectivity index (χ4v) is 1.96. The van der Waals surface area contributed by atoms with Crippen LogP contribution in [0.5, 0.6) is 0 Å². The Hall–Kier alpha value is -1.11. The monoisotopic (exact) mass is 249 g/mol. The minimum Gasteiger partial charge on any atom is -0.329 e. The highest BCUT2D eigenvalue weighted by Gasteiger charge is 2.41. The van der Waals surface area contributed by atoms with Crippen LogP contribution < -0.4 is 5.73 Å². The minimum absolute atomic E-state index is 0.0725. The number of hydrogen-bond acceptors (Lipinski definition) is 4. The van der Waals surface area contributed by atoms with Crippen molar-refractivity contribution < 1.29 is 17.7 Å². The summed E-state index contributed by atoms with van der Waals surface area (Å²) < 4.78 is 41.1. The maximum atomic E-state index is 12.3. The molecule has 0 aromatic carbocycles. The lowest BCUT2D eigenvalue weighted by Crippen LogP contribution is -2.38. The van der Waals surface area contributed by atoms with Crippen molar-refractivity contribution in [2.24, 2.45) is 11.7 Å².